The van der Waals surface area contributed by atoms with Crippen molar-refractivity contribution in [2.75, 3.05) is 6.54 Å². The first-order chi connectivity index (χ1) is 14.0. The van der Waals surface area contributed by atoms with Crippen LogP contribution in [-0.2, 0) is 16.1 Å². The number of aliphatic hydroxyl groups excluding tert-OH is 1. The first-order valence-electron chi connectivity index (χ1n) is 9.50. The van der Waals surface area contributed by atoms with Crippen LogP contribution in [0.2, 0.25) is 5.02 Å². The highest BCUT2D eigenvalue weighted by Crippen LogP contribution is 2.26. The predicted octanol–water partition coefficient (Wildman–Crippen LogP) is 3.14. The van der Waals surface area contributed by atoms with Crippen LogP contribution in [0.15, 0.2) is 27.7 Å². The van der Waals surface area contributed by atoms with Crippen LogP contribution in [0, 0.1) is 0 Å². The van der Waals surface area contributed by atoms with Gasteiger partial charge in [-0.05, 0) is 55.3 Å². The monoisotopic (exact) mass is 499 g/mol. The molecular weight excluding hydrogens is 478 g/mol. The van der Waals surface area contributed by atoms with Crippen LogP contribution in [0.5, 0.6) is 0 Å². The van der Waals surface area contributed by atoms with Gasteiger partial charge in [0.2, 0.25) is 0 Å². The van der Waals surface area contributed by atoms with Crippen LogP contribution < -0.4 is 5.56 Å². The summed E-state index contributed by atoms with van der Waals surface area (Å²) >= 11 is 9.36. The third-order valence-electron chi connectivity index (χ3n) is 4.79. The van der Waals surface area contributed by atoms with Crippen molar-refractivity contribution in [1.29, 1.82) is 0 Å². The first-order valence-corrected chi connectivity index (χ1v) is 10.7. The third kappa shape index (κ3) is 5.01. The number of ether oxygens (including phenoxy) is 1. The van der Waals surface area contributed by atoms with Crippen LogP contribution in [-0.4, -0.2) is 55.7 Å². The molecule has 3 rings (SSSR count). The zero-order valence-electron chi connectivity index (χ0n) is 16.9. The summed E-state index contributed by atoms with van der Waals surface area (Å²) in [5.74, 6) is -0.305. The lowest BCUT2D eigenvalue weighted by Crippen LogP contribution is -2.44. The maximum atomic E-state index is 12.7. The molecule has 0 saturated carbocycles. The molecule has 1 amide bonds. The van der Waals surface area contributed by atoms with E-state index in [9.17, 15) is 19.5 Å². The van der Waals surface area contributed by atoms with E-state index in [0.29, 0.717) is 33.4 Å². The van der Waals surface area contributed by atoms with Gasteiger partial charge in [0.15, 0.2) is 5.78 Å². The number of hydrogen-bond donors (Lipinski definition) is 1. The van der Waals surface area contributed by atoms with Gasteiger partial charge in [0.25, 0.3) is 5.56 Å². The standard InChI is InChI=1S/C20H23BrClN3O5/c1-20(2,3)30-19(29)25-5-4-17(27)16(25)6-11(26)9-24-10-23-15-8-13(21)14(22)7-12(15)18(24)28/h7-8,10,16-17,27H,4-6,9H2,1-3H3/t16-,17+/m1/s1. The number of ketones is 1. The lowest BCUT2D eigenvalue weighted by Gasteiger charge is -2.29. The minimum Gasteiger partial charge on any atom is -0.444 e. The Balaban J connectivity index is 1.76. The lowest BCUT2D eigenvalue weighted by atomic mass is 10.1. The van der Waals surface area contributed by atoms with Crippen molar-refractivity contribution in [1.82, 2.24) is 14.5 Å². The molecule has 1 aromatic carbocycles. The van der Waals surface area contributed by atoms with E-state index in [1.807, 2.05) is 0 Å². The molecular formula is C20H23BrClN3O5. The summed E-state index contributed by atoms with van der Waals surface area (Å²) in [5, 5.41) is 10.9. The molecule has 30 heavy (non-hydrogen) atoms. The van der Waals surface area contributed by atoms with Gasteiger partial charge < -0.3 is 14.7 Å². The highest BCUT2D eigenvalue weighted by molar-refractivity contribution is 9.10. The summed E-state index contributed by atoms with van der Waals surface area (Å²) in [4.78, 5) is 43.4. The minimum absolute atomic E-state index is 0.0913. The van der Waals surface area contributed by atoms with E-state index in [-0.39, 0.29) is 18.7 Å². The quantitative estimate of drug-likeness (QED) is 0.692. The second-order valence-corrected chi connectivity index (χ2v) is 9.56. The summed E-state index contributed by atoms with van der Waals surface area (Å²) in [7, 11) is 0. The molecule has 1 fully saturated rings. The van der Waals surface area contributed by atoms with Gasteiger partial charge in [-0.3, -0.25) is 14.2 Å². The number of amides is 1. The normalized spacial score (nSPS) is 19.3. The number of halogens is 2. The van der Waals surface area contributed by atoms with E-state index in [4.69, 9.17) is 16.3 Å². The van der Waals surface area contributed by atoms with Gasteiger partial charge in [-0.15, -0.1) is 0 Å². The summed E-state index contributed by atoms with van der Waals surface area (Å²) < 4.78 is 7.19. The zero-order valence-corrected chi connectivity index (χ0v) is 19.2. The summed E-state index contributed by atoms with van der Waals surface area (Å²) in [6.45, 7) is 5.34. The molecule has 0 aliphatic carbocycles. The number of aromatic nitrogens is 2. The number of aliphatic hydroxyl groups is 1. The van der Waals surface area contributed by atoms with E-state index in [2.05, 4.69) is 20.9 Å². The Kier molecular flexibility index (Phi) is 6.54. The second kappa shape index (κ2) is 8.64. The van der Waals surface area contributed by atoms with E-state index in [1.165, 1.54) is 21.9 Å². The number of nitrogens with zero attached hydrogens (tertiary/aromatic N) is 3. The minimum atomic E-state index is -0.830. The number of hydrogen-bond acceptors (Lipinski definition) is 6. The maximum Gasteiger partial charge on any atom is 0.410 e. The number of rotatable bonds is 4. The van der Waals surface area contributed by atoms with Gasteiger partial charge >= 0.3 is 6.09 Å². The summed E-state index contributed by atoms with van der Waals surface area (Å²) in [6.07, 6.45) is 0.180. The maximum absolute atomic E-state index is 12.7. The summed E-state index contributed by atoms with van der Waals surface area (Å²) in [6, 6.07) is 2.45. The Morgan fingerprint density at radius 2 is 2.07 bits per heavy atom. The van der Waals surface area contributed by atoms with Crippen molar-refractivity contribution >= 4 is 50.3 Å². The fourth-order valence-corrected chi connectivity index (χ4v) is 3.88. The fraction of sp³-hybridized carbons (Fsp3) is 0.500. The first kappa shape index (κ1) is 22.7. The smallest absolute Gasteiger partial charge is 0.410 e. The van der Waals surface area contributed by atoms with Crippen LogP contribution in [0.4, 0.5) is 4.79 Å². The van der Waals surface area contributed by atoms with Crippen molar-refractivity contribution in [3.63, 3.8) is 0 Å². The van der Waals surface area contributed by atoms with Crippen molar-refractivity contribution in [2.45, 2.75) is 57.9 Å². The zero-order chi connectivity index (χ0) is 22.2. The number of Topliss-reactive ketones (excluding diaryl/α,β-unsaturated/α-hetero) is 1. The molecule has 0 unspecified atom stereocenters. The molecule has 8 nitrogen and oxygen atoms in total. The van der Waals surface area contributed by atoms with E-state index >= 15 is 0 Å². The number of fused-ring (bicyclic) bond motifs is 1. The molecule has 2 atom stereocenters. The Morgan fingerprint density at radius 3 is 2.73 bits per heavy atom. The molecule has 0 radical (unpaired) electrons. The largest absolute Gasteiger partial charge is 0.444 e. The lowest BCUT2D eigenvalue weighted by molar-refractivity contribution is -0.121. The predicted molar refractivity (Wildman–Crippen MR) is 116 cm³/mol. The molecule has 1 aromatic heterocycles. The Hall–Kier alpha value is -1.97. The van der Waals surface area contributed by atoms with Crippen LogP contribution in [0.25, 0.3) is 10.9 Å². The van der Waals surface area contributed by atoms with Crippen LogP contribution in [0.1, 0.15) is 33.6 Å². The average molecular weight is 501 g/mol. The van der Waals surface area contributed by atoms with Crippen molar-refractivity contribution in [3.8, 4) is 0 Å². The third-order valence-corrected chi connectivity index (χ3v) is 5.98. The molecule has 1 aliphatic rings. The van der Waals surface area contributed by atoms with Gasteiger partial charge in [-0.1, -0.05) is 11.6 Å². The highest BCUT2D eigenvalue weighted by Gasteiger charge is 2.39. The number of benzene rings is 1. The molecule has 0 spiro atoms. The van der Waals surface area contributed by atoms with Crippen LogP contribution in [0.3, 0.4) is 0 Å². The molecule has 1 aliphatic heterocycles. The molecule has 162 valence electrons. The average Bonchev–Trinajstić information content (AvgIpc) is 2.98. The Bertz CT molecular complexity index is 1050. The molecule has 0 bridgehead atoms. The van der Waals surface area contributed by atoms with Crippen LogP contribution >= 0.6 is 27.5 Å². The SMILES string of the molecule is CC(C)(C)OC(=O)N1CC[C@H](O)[C@H]1CC(=O)Cn1cnc2cc(Br)c(Cl)cc2c1=O. The van der Waals surface area contributed by atoms with Crippen molar-refractivity contribution in [3.05, 3.63) is 38.3 Å². The van der Waals surface area contributed by atoms with E-state index in [0.717, 1.165) is 0 Å². The van der Waals surface area contributed by atoms with E-state index < -0.39 is 29.4 Å². The topological polar surface area (TPSA) is 102 Å². The van der Waals surface area contributed by atoms with E-state index in [1.54, 1.807) is 26.8 Å². The number of likely N-dealkylation sites (tertiary alicyclic amines) is 1. The second-order valence-electron chi connectivity index (χ2n) is 8.30. The van der Waals surface area contributed by atoms with Gasteiger partial charge in [0.1, 0.15) is 5.60 Å². The van der Waals surface area contributed by atoms with Crippen molar-refractivity contribution in [2.24, 2.45) is 0 Å². The molecule has 2 aromatic rings. The molecule has 2 heterocycles. The molecule has 10 heteroatoms. The van der Waals surface area contributed by atoms with Crippen molar-refractivity contribution < 1.29 is 19.4 Å². The van der Waals surface area contributed by atoms with Gasteiger partial charge in [0.05, 0.1) is 40.9 Å². The van der Waals surface area contributed by atoms with Gasteiger partial charge in [-0.2, -0.15) is 0 Å². The Morgan fingerprint density at radius 1 is 1.37 bits per heavy atom. The van der Waals surface area contributed by atoms with Gasteiger partial charge in [0, 0.05) is 17.4 Å². The number of carbonyl (C=O) groups is 2. The number of carbonyl (C=O) groups excluding carboxylic acids is 2. The molecule has 1 N–H and O–H groups in total. The Labute approximate surface area is 186 Å². The summed E-state index contributed by atoms with van der Waals surface area (Å²) in [5.41, 5.74) is -0.611. The highest BCUT2D eigenvalue weighted by atomic mass is 79.9. The van der Waals surface area contributed by atoms with Gasteiger partial charge in [-0.25, -0.2) is 9.78 Å². The molecule has 1 saturated heterocycles. The fourth-order valence-electron chi connectivity index (χ4n) is 3.38.